The van der Waals surface area contributed by atoms with E-state index in [4.69, 9.17) is 0 Å². The first-order valence-corrected chi connectivity index (χ1v) is 29.4. The number of anilines is 6. The predicted octanol–water partition coefficient (Wildman–Crippen LogP) is 22.5. The van der Waals surface area contributed by atoms with E-state index in [2.05, 4.69) is 371 Å². The molecule has 0 aliphatic rings. The fraction of sp³-hybridized carbons (Fsp3) is 0. The summed E-state index contributed by atoms with van der Waals surface area (Å²) in [5.74, 6) is 0. The molecule has 2 heterocycles. The van der Waals surface area contributed by atoms with Gasteiger partial charge in [0.2, 0.25) is 0 Å². The van der Waals surface area contributed by atoms with Crippen molar-refractivity contribution in [2.45, 2.75) is 0 Å². The van der Waals surface area contributed by atoms with Crippen molar-refractivity contribution in [1.29, 1.82) is 0 Å². The number of fused-ring (bicyclic) bond motifs is 4. The van der Waals surface area contributed by atoms with E-state index >= 15 is 0 Å². The third-order valence-electron chi connectivity index (χ3n) is 16.5. The lowest BCUT2D eigenvalue weighted by Gasteiger charge is -2.33. The Morgan fingerprint density at radius 3 is 0.826 bits per heavy atom. The van der Waals surface area contributed by atoms with Crippen LogP contribution in [0.15, 0.2) is 328 Å². The summed E-state index contributed by atoms with van der Waals surface area (Å²) in [6.07, 6.45) is 9.11. The molecular weight excluding hydrogens is 1040 g/mol. The zero-order chi connectivity index (χ0) is 57.2. The second kappa shape index (κ2) is 22.7. The zero-order valence-corrected chi connectivity index (χ0v) is 47.3. The molecular formula is C82H58N4. The van der Waals surface area contributed by atoms with Crippen LogP contribution in [-0.4, -0.2) is 9.13 Å². The van der Waals surface area contributed by atoms with E-state index in [0.717, 1.165) is 89.6 Å². The van der Waals surface area contributed by atoms with E-state index in [1.54, 1.807) is 0 Å². The third kappa shape index (κ3) is 9.42. The molecule has 0 saturated heterocycles. The van der Waals surface area contributed by atoms with E-state index in [-0.39, 0.29) is 0 Å². The van der Waals surface area contributed by atoms with Crippen LogP contribution in [0.1, 0.15) is 22.3 Å². The molecule has 2 aromatic heterocycles. The van der Waals surface area contributed by atoms with Gasteiger partial charge in [-0.1, -0.05) is 267 Å². The first-order valence-electron chi connectivity index (χ1n) is 29.4. The van der Waals surface area contributed by atoms with Crippen molar-refractivity contribution in [3.8, 4) is 33.9 Å². The highest BCUT2D eigenvalue weighted by Crippen LogP contribution is 2.51. The average Bonchev–Trinajstić information content (AvgIpc) is 2.73. The maximum absolute atomic E-state index is 2.44. The highest BCUT2D eigenvalue weighted by molar-refractivity contribution is 6.23. The molecule has 0 fully saturated rings. The van der Waals surface area contributed by atoms with Gasteiger partial charge in [-0.3, -0.25) is 0 Å². The molecule has 0 atom stereocenters. The Hall–Kier alpha value is -11.5. The fourth-order valence-corrected chi connectivity index (χ4v) is 12.7. The average molecular weight is 1100 g/mol. The molecule has 4 nitrogen and oxygen atoms in total. The quantitative estimate of drug-likeness (QED) is 0.0797. The zero-order valence-electron chi connectivity index (χ0n) is 47.3. The molecule has 13 aromatic carbocycles. The predicted molar refractivity (Wildman–Crippen MR) is 366 cm³/mol. The van der Waals surface area contributed by atoms with Crippen LogP contribution in [0.5, 0.6) is 0 Å². The van der Waals surface area contributed by atoms with E-state index in [1.807, 2.05) is 0 Å². The molecule has 0 aliphatic carbocycles. The Morgan fingerprint density at radius 2 is 0.488 bits per heavy atom. The van der Waals surface area contributed by atoms with Crippen molar-refractivity contribution in [3.05, 3.63) is 350 Å². The van der Waals surface area contributed by atoms with Gasteiger partial charge in [0.1, 0.15) is 0 Å². The van der Waals surface area contributed by atoms with Crippen molar-refractivity contribution in [2.75, 3.05) is 9.80 Å². The molecule has 0 N–H and O–H groups in total. The summed E-state index contributed by atoms with van der Waals surface area (Å²) >= 11 is 0. The number of hydrogen-bond donors (Lipinski definition) is 0. The maximum Gasteiger partial charge on any atom is 0.0619 e. The van der Waals surface area contributed by atoms with Gasteiger partial charge in [0.15, 0.2) is 0 Å². The lowest BCUT2D eigenvalue weighted by Crippen LogP contribution is -2.14. The van der Waals surface area contributed by atoms with Crippen LogP contribution in [0.2, 0.25) is 0 Å². The van der Waals surface area contributed by atoms with Gasteiger partial charge in [-0.2, -0.15) is 0 Å². The summed E-state index contributed by atoms with van der Waals surface area (Å²) in [4.78, 5) is 4.88. The van der Waals surface area contributed by atoms with Crippen LogP contribution in [0.3, 0.4) is 0 Å². The molecule has 15 rings (SSSR count). The van der Waals surface area contributed by atoms with Crippen molar-refractivity contribution in [1.82, 2.24) is 9.13 Å². The molecule has 0 spiro atoms. The second-order valence-corrected chi connectivity index (χ2v) is 21.6. The number of hydrogen-bond acceptors (Lipinski definition) is 2. The molecule has 0 bridgehead atoms. The van der Waals surface area contributed by atoms with Gasteiger partial charge in [0.25, 0.3) is 0 Å². The third-order valence-corrected chi connectivity index (χ3v) is 16.5. The van der Waals surface area contributed by atoms with Crippen LogP contribution >= 0.6 is 0 Å². The first-order chi connectivity index (χ1) is 42.7. The number of aromatic nitrogens is 2. The highest BCUT2D eigenvalue weighted by atomic mass is 15.2. The Labute approximate surface area is 501 Å². The van der Waals surface area contributed by atoms with Crippen LogP contribution in [-0.2, 0) is 0 Å². The molecule has 86 heavy (non-hydrogen) atoms. The van der Waals surface area contributed by atoms with Gasteiger partial charge in [-0.05, 0) is 107 Å². The van der Waals surface area contributed by atoms with E-state index in [9.17, 15) is 0 Å². The monoisotopic (exact) mass is 1100 g/mol. The molecule has 4 heteroatoms. The van der Waals surface area contributed by atoms with Gasteiger partial charge in [-0.15, -0.1) is 0 Å². The summed E-state index contributed by atoms with van der Waals surface area (Å²) in [6.45, 7) is 0. The van der Waals surface area contributed by atoms with Crippen LogP contribution in [0.4, 0.5) is 34.1 Å². The molecule has 15 aromatic rings. The molecule has 0 unspecified atom stereocenters. The van der Waals surface area contributed by atoms with Crippen molar-refractivity contribution >= 4 is 102 Å². The Bertz CT molecular complexity index is 4560. The van der Waals surface area contributed by atoms with Crippen molar-refractivity contribution in [2.24, 2.45) is 0 Å². The molecule has 0 aliphatic heterocycles. The molecule has 0 amide bonds. The number of benzene rings is 13. The minimum atomic E-state index is 1.06. The minimum Gasteiger partial charge on any atom is -0.309 e. The van der Waals surface area contributed by atoms with Gasteiger partial charge >= 0.3 is 0 Å². The van der Waals surface area contributed by atoms with Crippen molar-refractivity contribution < 1.29 is 0 Å². The lowest BCUT2D eigenvalue weighted by molar-refractivity contribution is 1.13. The highest BCUT2D eigenvalue weighted by Gasteiger charge is 2.26. The van der Waals surface area contributed by atoms with E-state index in [1.165, 1.54) is 44.1 Å². The van der Waals surface area contributed by atoms with Crippen molar-refractivity contribution in [3.63, 3.8) is 0 Å². The van der Waals surface area contributed by atoms with E-state index < -0.39 is 0 Å². The summed E-state index contributed by atoms with van der Waals surface area (Å²) < 4.78 is 4.79. The summed E-state index contributed by atoms with van der Waals surface area (Å²) in [6, 6.07) is 118. The van der Waals surface area contributed by atoms with Gasteiger partial charge in [-0.25, -0.2) is 0 Å². The van der Waals surface area contributed by atoms with Gasteiger partial charge in [0.05, 0.1) is 33.8 Å². The summed E-state index contributed by atoms with van der Waals surface area (Å²) in [5.41, 5.74) is 20.3. The largest absolute Gasteiger partial charge is 0.309 e. The summed E-state index contributed by atoms with van der Waals surface area (Å²) in [5, 5.41) is 6.97. The summed E-state index contributed by atoms with van der Waals surface area (Å²) in [7, 11) is 0. The van der Waals surface area contributed by atoms with Gasteiger partial charge < -0.3 is 18.9 Å². The standard InChI is InChI=1S/C82H58N4/c1-7-27-61(28-8-1)79-75(69-39-23-25-45-77(69)85(79)65-35-15-5-16-36-65)57-51-59-47-53-67(54-48-59)83(63-31-11-3-12-32-63)81-71-41-19-21-43-73(71)82(74-44-22-20-42-72(74)81)84(64-33-13-4-14-34-64)68-55-49-60(50-56-68)52-58-76-70-40-24-26-46-78(70)86(66-37-17-6-18-38-66)80(76)62-29-9-2-10-30-62/h1-58H. The number of para-hydroxylation sites is 6. The topological polar surface area (TPSA) is 16.3 Å². The van der Waals surface area contributed by atoms with Crippen LogP contribution < -0.4 is 9.80 Å². The van der Waals surface area contributed by atoms with E-state index in [0.29, 0.717) is 0 Å². The minimum absolute atomic E-state index is 1.06. The smallest absolute Gasteiger partial charge is 0.0619 e. The maximum atomic E-state index is 2.44. The Balaban J connectivity index is 0.834. The van der Waals surface area contributed by atoms with Gasteiger partial charge in [0, 0.05) is 77.6 Å². The fourth-order valence-electron chi connectivity index (χ4n) is 12.7. The first kappa shape index (κ1) is 51.4. The number of rotatable bonds is 14. The molecule has 0 saturated carbocycles. The van der Waals surface area contributed by atoms with Crippen LogP contribution in [0, 0.1) is 0 Å². The molecule has 406 valence electrons. The van der Waals surface area contributed by atoms with Crippen LogP contribution in [0.25, 0.3) is 102 Å². The lowest BCUT2D eigenvalue weighted by atomic mass is 9.95. The normalized spacial score (nSPS) is 11.6. The SMILES string of the molecule is C(=Cc1c(-c2ccccc2)n(-c2ccccc2)c2ccccc12)c1ccc(N(c2ccccc2)c2c3ccccc3c(N(c3ccccc3)c3ccc(C=Cc4c(-c5ccccc5)n(-c5ccccc5)c5ccccc45)cc3)c3ccccc23)cc1. The Kier molecular flexibility index (Phi) is 13.6. The Morgan fingerprint density at radius 1 is 0.221 bits per heavy atom. The second-order valence-electron chi connectivity index (χ2n) is 21.6. The molecule has 0 radical (unpaired) electrons. The number of nitrogens with zero attached hydrogens (tertiary/aromatic N) is 4.